The fourth-order valence-electron chi connectivity index (χ4n) is 2.60. The molecule has 1 unspecified atom stereocenters. The molecular formula is C15H20FN3O2. The minimum absolute atomic E-state index is 0.0426. The minimum Gasteiger partial charge on any atom is -0.368 e. The lowest BCUT2D eigenvalue weighted by Crippen LogP contribution is -2.50. The number of piperidine rings is 1. The molecule has 0 saturated carbocycles. The molecule has 5 nitrogen and oxygen atoms in total. The Morgan fingerprint density at radius 1 is 1.43 bits per heavy atom. The number of carbonyl (C=O) groups is 2. The van der Waals surface area contributed by atoms with Crippen LogP contribution in [0.5, 0.6) is 0 Å². The maximum absolute atomic E-state index is 13.7. The Bertz CT molecular complexity index is 548. The van der Waals surface area contributed by atoms with Gasteiger partial charge in [-0.3, -0.25) is 14.5 Å². The molecule has 1 aliphatic heterocycles. The van der Waals surface area contributed by atoms with Crippen molar-refractivity contribution >= 4 is 17.5 Å². The van der Waals surface area contributed by atoms with Crippen LogP contribution in [0.15, 0.2) is 18.2 Å². The van der Waals surface area contributed by atoms with Gasteiger partial charge < -0.3 is 11.1 Å². The Morgan fingerprint density at radius 2 is 2.19 bits per heavy atom. The van der Waals surface area contributed by atoms with E-state index in [2.05, 4.69) is 5.32 Å². The predicted molar refractivity (Wildman–Crippen MR) is 78.2 cm³/mol. The maximum Gasteiger partial charge on any atom is 0.238 e. The number of aryl methyl sites for hydroxylation is 1. The van der Waals surface area contributed by atoms with E-state index in [9.17, 15) is 14.0 Å². The summed E-state index contributed by atoms with van der Waals surface area (Å²) >= 11 is 0. The standard InChI is InChI=1S/C15H20FN3O2/c1-10-5-6-12(11(16)8-10)18-14(20)9-19-7-3-2-4-13(19)15(17)21/h5-6,8,13H,2-4,7,9H2,1H3,(H2,17,21)(H,18,20). The highest BCUT2D eigenvalue weighted by Crippen LogP contribution is 2.18. The Kier molecular flexibility index (Phi) is 4.90. The van der Waals surface area contributed by atoms with Gasteiger partial charge in [0.25, 0.3) is 0 Å². The summed E-state index contributed by atoms with van der Waals surface area (Å²) < 4.78 is 13.7. The van der Waals surface area contributed by atoms with Gasteiger partial charge in [-0.1, -0.05) is 12.5 Å². The molecular weight excluding hydrogens is 273 g/mol. The molecule has 1 aromatic carbocycles. The van der Waals surface area contributed by atoms with E-state index < -0.39 is 17.8 Å². The first-order chi connectivity index (χ1) is 9.97. The van der Waals surface area contributed by atoms with E-state index in [-0.39, 0.29) is 18.1 Å². The van der Waals surface area contributed by atoms with E-state index >= 15 is 0 Å². The SMILES string of the molecule is Cc1ccc(NC(=O)CN2CCCCC2C(N)=O)c(F)c1. The molecule has 0 aromatic heterocycles. The summed E-state index contributed by atoms with van der Waals surface area (Å²) in [6.07, 6.45) is 2.52. The Balaban J connectivity index is 1.98. The molecule has 0 aliphatic carbocycles. The predicted octanol–water partition coefficient (Wildman–Crippen LogP) is 1.41. The average Bonchev–Trinajstić information content (AvgIpc) is 2.42. The number of nitrogens with zero attached hydrogens (tertiary/aromatic N) is 1. The smallest absolute Gasteiger partial charge is 0.238 e. The first-order valence-corrected chi connectivity index (χ1v) is 7.07. The van der Waals surface area contributed by atoms with Crippen molar-refractivity contribution in [1.82, 2.24) is 4.90 Å². The topological polar surface area (TPSA) is 75.4 Å². The van der Waals surface area contributed by atoms with Gasteiger partial charge in [0.1, 0.15) is 5.82 Å². The minimum atomic E-state index is -0.464. The van der Waals surface area contributed by atoms with Crippen LogP contribution in [0.1, 0.15) is 24.8 Å². The van der Waals surface area contributed by atoms with E-state index in [0.717, 1.165) is 18.4 Å². The third-order valence-electron chi connectivity index (χ3n) is 3.69. The number of amides is 2. The Hall–Kier alpha value is -1.95. The molecule has 114 valence electrons. The second kappa shape index (κ2) is 6.67. The fraction of sp³-hybridized carbons (Fsp3) is 0.467. The lowest BCUT2D eigenvalue weighted by atomic mass is 10.0. The Labute approximate surface area is 123 Å². The van der Waals surface area contributed by atoms with Gasteiger partial charge >= 0.3 is 0 Å². The summed E-state index contributed by atoms with van der Waals surface area (Å²) in [5.41, 5.74) is 6.29. The van der Waals surface area contributed by atoms with Crippen LogP contribution in [0.4, 0.5) is 10.1 Å². The van der Waals surface area contributed by atoms with Gasteiger partial charge in [-0.15, -0.1) is 0 Å². The number of hydrogen-bond donors (Lipinski definition) is 2. The summed E-state index contributed by atoms with van der Waals surface area (Å²) in [6, 6.07) is 4.21. The van der Waals surface area contributed by atoms with Crippen molar-refractivity contribution in [1.29, 1.82) is 0 Å². The number of halogens is 1. The zero-order valence-electron chi connectivity index (χ0n) is 12.1. The summed E-state index contributed by atoms with van der Waals surface area (Å²) in [5.74, 6) is -1.22. The number of rotatable bonds is 4. The van der Waals surface area contributed by atoms with Gasteiger partial charge in [-0.25, -0.2) is 4.39 Å². The molecule has 6 heteroatoms. The molecule has 2 amide bonds. The lowest BCUT2D eigenvalue weighted by molar-refractivity contribution is -0.126. The summed E-state index contributed by atoms with van der Waals surface area (Å²) in [4.78, 5) is 25.2. The molecule has 1 aliphatic rings. The summed E-state index contributed by atoms with van der Waals surface area (Å²) in [5, 5.41) is 2.54. The number of anilines is 1. The number of hydrogen-bond acceptors (Lipinski definition) is 3. The molecule has 0 spiro atoms. The third-order valence-corrected chi connectivity index (χ3v) is 3.69. The second-order valence-electron chi connectivity index (χ2n) is 5.42. The molecule has 1 atom stereocenters. The van der Waals surface area contributed by atoms with Crippen molar-refractivity contribution in [3.8, 4) is 0 Å². The number of nitrogens with two attached hydrogens (primary N) is 1. The first-order valence-electron chi connectivity index (χ1n) is 7.07. The van der Waals surface area contributed by atoms with E-state index in [0.29, 0.717) is 13.0 Å². The zero-order valence-corrected chi connectivity index (χ0v) is 12.1. The van der Waals surface area contributed by atoms with E-state index in [1.165, 1.54) is 12.1 Å². The monoisotopic (exact) mass is 293 g/mol. The normalized spacial score (nSPS) is 19.2. The summed E-state index contributed by atoms with van der Waals surface area (Å²) in [6.45, 7) is 2.47. The molecule has 1 fully saturated rings. The van der Waals surface area contributed by atoms with Gasteiger partial charge in [0.15, 0.2) is 0 Å². The van der Waals surface area contributed by atoms with Crippen LogP contribution in [-0.2, 0) is 9.59 Å². The van der Waals surface area contributed by atoms with Crippen molar-refractivity contribution in [2.24, 2.45) is 5.73 Å². The quantitative estimate of drug-likeness (QED) is 0.881. The van der Waals surface area contributed by atoms with Crippen LogP contribution in [-0.4, -0.2) is 35.8 Å². The zero-order chi connectivity index (χ0) is 15.4. The van der Waals surface area contributed by atoms with Gasteiger partial charge in [0.2, 0.25) is 11.8 Å². The van der Waals surface area contributed by atoms with Crippen molar-refractivity contribution in [3.05, 3.63) is 29.6 Å². The Morgan fingerprint density at radius 3 is 2.86 bits per heavy atom. The number of likely N-dealkylation sites (tertiary alicyclic amines) is 1. The highest BCUT2D eigenvalue weighted by atomic mass is 19.1. The second-order valence-corrected chi connectivity index (χ2v) is 5.42. The average molecular weight is 293 g/mol. The molecule has 3 N–H and O–H groups in total. The van der Waals surface area contributed by atoms with Crippen LogP contribution >= 0.6 is 0 Å². The lowest BCUT2D eigenvalue weighted by Gasteiger charge is -2.32. The molecule has 1 aromatic rings. The fourth-order valence-corrected chi connectivity index (χ4v) is 2.60. The van der Waals surface area contributed by atoms with Crippen molar-refractivity contribution < 1.29 is 14.0 Å². The van der Waals surface area contributed by atoms with Crippen LogP contribution in [0.2, 0.25) is 0 Å². The molecule has 1 heterocycles. The number of carbonyl (C=O) groups excluding carboxylic acids is 2. The van der Waals surface area contributed by atoms with E-state index in [4.69, 9.17) is 5.73 Å². The van der Waals surface area contributed by atoms with Crippen LogP contribution in [0.3, 0.4) is 0 Å². The molecule has 0 radical (unpaired) electrons. The largest absolute Gasteiger partial charge is 0.368 e. The third kappa shape index (κ3) is 4.01. The van der Waals surface area contributed by atoms with Gasteiger partial charge in [0.05, 0.1) is 18.3 Å². The number of benzene rings is 1. The molecule has 0 bridgehead atoms. The van der Waals surface area contributed by atoms with E-state index in [1.807, 2.05) is 0 Å². The van der Waals surface area contributed by atoms with E-state index in [1.54, 1.807) is 17.9 Å². The van der Waals surface area contributed by atoms with Gasteiger partial charge in [-0.05, 0) is 44.0 Å². The van der Waals surface area contributed by atoms with Crippen molar-refractivity contribution in [2.75, 3.05) is 18.4 Å². The molecule has 2 rings (SSSR count). The van der Waals surface area contributed by atoms with Crippen molar-refractivity contribution in [3.63, 3.8) is 0 Å². The maximum atomic E-state index is 13.7. The number of nitrogens with one attached hydrogen (secondary N) is 1. The highest BCUT2D eigenvalue weighted by Gasteiger charge is 2.28. The molecule has 1 saturated heterocycles. The molecule has 21 heavy (non-hydrogen) atoms. The highest BCUT2D eigenvalue weighted by molar-refractivity contribution is 5.93. The van der Waals surface area contributed by atoms with Crippen LogP contribution in [0, 0.1) is 12.7 Å². The first kappa shape index (κ1) is 15.4. The van der Waals surface area contributed by atoms with Crippen molar-refractivity contribution in [2.45, 2.75) is 32.2 Å². The summed E-state index contributed by atoms with van der Waals surface area (Å²) in [7, 11) is 0. The van der Waals surface area contributed by atoms with Gasteiger partial charge in [-0.2, -0.15) is 0 Å². The van der Waals surface area contributed by atoms with Crippen LogP contribution in [0.25, 0.3) is 0 Å². The number of primary amides is 1. The van der Waals surface area contributed by atoms with Gasteiger partial charge in [0, 0.05) is 0 Å². The van der Waals surface area contributed by atoms with Crippen LogP contribution < -0.4 is 11.1 Å².